The minimum atomic E-state index is -0.687. The normalized spacial score (nSPS) is 30.6. The largest absolute Gasteiger partial charge is 0.466 e. The molecule has 96 valence electrons. The molecule has 3 atom stereocenters. The van der Waals surface area contributed by atoms with Crippen LogP contribution in [0.25, 0.3) is 0 Å². The minimum absolute atomic E-state index is 0.246. The van der Waals surface area contributed by atoms with E-state index in [1.165, 1.54) is 13.2 Å². The molecule has 0 aromatic rings. The molecule has 0 saturated carbocycles. The number of methoxy groups -OCH3 is 1. The Morgan fingerprint density at radius 3 is 2.88 bits per heavy atom. The highest BCUT2D eigenvalue weighted by molar-refractivity contribution is 5.83. The fourth-order valence-corrected chi connectivity index (χ4v) is 1.39. The summed E-state index contributed by atoms with van der Waals surface area (Å²) in [5.74, 6) is -0.408. The van der Waals surface area contributed by atoms with Crippen LogP contribution in [-0.4, -0.2) is 43.3 Å². The van der Waals surface area contributed by atoms with Crippen LogP contribution in [0.1, 0.15) is 13.8 Å². The first kappa shape index (κ1) is 13.9. The van der Waals surface area contributed by atoms with Gasteiger partial charge in [-0.05, 0) is 19.4 Å². The number of carbonyl (C=O) groups excluding carboxylic acids is 1. The maximum Gasteiger partial charge on any atom is 0.330 e. The van der Waals surface area contributed by atoms with E-state index in [1.54, 1.807) is 26.0 Å². The van der Waals surface area contributed by atoms with Gasteiger partial charge in [0.1, 0.15) is 12.2 Å². The van der Waals surface area contributed by atoms with E-state index >= 15 is 0 Å². The predicted molar refractivity (Wildman–Crippen MR) is 61.2 cm³/mol. The molecule has 0 aromatic carbocycles. The SMILES string of the molecule is COC(=O)/C=C(C)/C=C/C1OC(C)OCC1O. The van der Waals surface area contributed by atoms with Crippen molar-refractivity contribution in [1.82, 2.24) is 0 Å². The standard InChI is InChI=1S/C12H18O5/c1-8(6-12(14)15-3)4-5-11-10(13)7-16-9(2)17-11/h4-6,9-11,13H,7H2,1-3H3/b5-4+,8-6+. The molecule has 1 saturated heterocycles. The lowest BCUT2D eigenvalue weighted by atomic mass is 10.1. The first-order chi connectivity index (χ1) is 8.02. The quantitative estimate of drug-likeness (QED) is 0.450. The Balaban J connectivity index is 2.57. The fourth-order valence-electron chi connectivity index (χ4n) is 1.39. The summed E-state index contributed by atoms with van der Waals surface area (Å²) in [6, 6.07) is 0. The maximum atomic E-state index is 11.0. The Bertz CT molecular complexity index is 321. The molecule has 0 amide bonds. The van der Waals surface area contributed by atoms with E-state index in [0.29, 0.717) is 0 Å². The molecule has 1 fully saturated rings. The number of allylic oxidation sites excluding steroid dienone is 2. The summed E-state index contributed by atoms with van der Waals surface area (Å²) >= 11 is 0. The van der Waals surface area contributed by atoms with E-state index in [9.17, 15) is 9.90 Å². The van der Waals surface area contributed by atoms with Crippen LogP contribution in [0.5, 0.6) is 0 Å². The summed E-state index contributed by atoms with van der Waals surface area (Å²) < 4.78 is 15.0. The summed E-state index contributed by atoms with van der Waals surface area (Å²) in [6.45, 7) is 3.78. The lowest BCUT2D eigenvalue weighted by Gasteiger charge is -2.30. The van der Waals surface area contributed by atoms with Crippen LogP contribution in [-0.2, 0) is 19.0 Å². The molecular weight excluding hydrogens is 224 g/mol. The Morgan fingerprint density at radius 1 is 1.53 bits per heavy atom. The predicted octanol–water partition coefficient (Wildman–Crippen LogP) is 0.784. The van der Waals surface area contributed by atoms with Gasteiger partial charge >= 0.3 is 5.97 Å². The van der Waals surface area contributed by atoms with Crippen molar-refractivity contribution in [1.29, 1.82) is 0 Å². The van der Waals surface area contributed by atoms with Crippen molar-refractivity contribution in [2.75, 3.05) is 13.7 Å². The number of ether oxygens (including phenoxy) is 3. The van der Waals surface area contributed by atoms with E-state index in [4.69, 9.17) is 9.47 Å². The first-order valence-electron chi connectivity index (χ1n) is 5.42. The zero-order valence-corrected chi connectivity index (χ0v) is 10.3. The summed E-state index contributed by atoms with van der Waals surface area (Å²) in [7, 11) is 1.32. The molecule has 3 unspecified atom stereocenters. The van der Waals surface area contributed by atoms with Crippen molar-refractivity contribution in [3.05, 3.63) is 23.8 Å². The Morgan fingerprint density at radius 2 is 2.24 bits per heavy atom. The van der Waals surface area contributed by atoms with Gasteiger partial charge < -0.3 is 19.3 Å². The highest BCUT2D eigenvalue weighted by Gasteiger charge is 2.25. The summed E-state index contributed by atoms with van der Waals surface area (Å²) in [5, 5.41) is 9.62. The van der Waals surface area contributed by atoms with Crippen molar-refractivity contribution in [2.45, 2.75) is 32.3 Å². The van der Waals surface area contributed by atoms with Crippen molar-refractivity contribution < 1.29 is 24.1 Å². The number of hydrogen-bond donors (Lipinski definition) is 1. The van der Waals surface area contributed by atoms with Gasteiger partial charge in [0.25, 0.3) is 0 Å². The molecule has 1 N–H and O–H groups in total. The van der Waals surface area contributed by atoms with Crippen molar-refractivity contribution in [2.24, 2.45) is 0 Å². The lowest BCUT2D eigenvalue weighted by molar-refractivity contribution is -0.230. The molecule has 1 heterocycles. The Kier molecular flexibility index (Phi) is 5.34. The van der Waals surface area contributed by atoms with Gasteiger partial charge in [-0.15, -0.1) is 0 Å². The molecule has 0 aromatic heterocycles. The molecule has 0 bridgehead atoms. The average molecular weight is 242 g/mol. The number of esters is 1. The van der Waals surface area contributed by atoms with E-state index in [-0.39, 0.29) is 12.9 Å². The van der Waals surface area contributed by atoms with Crippen molar-refractivity contribution in [3.8, 4) is 0 Å². The third kappa shape index (κ3) is 4.68. The molecule has 0 radical (unpaired) electrons. The zero-order chi connectivity index (χ0) is 12.8. The zero-order valence-electron chi connectivity index (χ0n) is 10.3. The van der Waals surface area contributed by atoms with E-state index in [0.717, 1.165) is 5.57 Å². The van der Waals surface area contributed by atoms with Gasteiger partial charge in [-0.1, -0.05) is 12.2 Å². The molecule has 1 aliphatic heterocycles. The van der Waals surface area contributed by atoms with Gasteiger partial charge in [0.15, 0.2) is 6.29 Å². The van der Waals surface area contributed by atoms with Crippen LogP contribution in [0.3, 0.4) is 0 Å². The summed E-state index contributed by atoms with van der Waals surface area (Å²) in [6.07, 6.45) is 3.35. The van der Waals surface area contributed by atoms with Crippen molar-refractivity contribution in [3.63, 3.8) is 0 Å². The third-order valence-electron chi connectivity index (χ3n) is 2.33. The second-order valence-electron chi connectivity index (χ2n) is 3.84. The number of aliphatic hydroxyl groups excluding tert-OH is 1. The monoisotopic (exact) mass is 242 g/mol. The van der Waals surface area contributed by atoms with E-state index in [1.807, 2.05) is 0 Å². The topological polar surface area (TPSA) is 65.0 Å². The molecule has 1 aliphatic rings. The molecule has 5 heteroatoms. The third-order valence-corrected chi connectivity index (χ3v) is 2.33. The van der Waals surface area contributed by atoms with Crippen LogP contribution in [0.4, 0.5) is 0 Å². The van der Waals surface area contributed by atoms with Crippen LogP contribution in [0, 0.1) is 0 Å². The average Bonchev–Trinajstić information content (AvgIpc) is 2.30. The van der Waals surface area contributed by atoms with Gasteiger partial charge in [0.2, 0.25) is 0 Å². The van der Waals surface area contributed by atoms with Crippen LogP contribution in [0.15, 0.2) is 23.8 Å². The Hall–Kier alpha value is -1.17. The van der Waals surface area contributed by atoms with E-state index < -0.39 is 18.2 Å². The summed E-state index contributed by atoms with van der Waals surface area (Å²) in [4.78, 5) is 11.0. The van der Waals surface area contributed by atoms with E-state index in [2.05, 4.69) is 4.74 Å². The smallest absolute Gasteiger partial charge is 0.330 e. The minimum Gasteiger partial charge on any atom is -0.466 e. The second-order valence-corrected chi connectivity index (χ2v) is 3.84. The number of carbonyl (C=O) groups is 1. The van der Waals surface area contributed by atoms with Gasteiger partial charge in [-0.25, -0.2) is 4.79 Å². The Labute approximate surface area is 101 Å². The first-order valence-corrected chi connectivity index (χ1v) is 5.42. The molecular formula is C12H18O5. The van der Waals surface area contributed by atoms with Gasteiger partial charge in [-0.3, -0.25) is 0 Å². The second kappa shape index (κ2) is 6.54. The maximum absolute atomic E-state index is 11.0. The van der Waals surface area contributed by atoms with Crippen LogP contribution < -0.4 is 0 Å². The van der Waals surface area contributed by atoms with Gasteiger partial charge in [-0.2, -0.15) is 0 Å². The number of aliphatic hydroxyl groups is 1. The highest BCUT2D eigenvalue weighted by atomic mass is 16.7. The molecule has 0 aliphatic carbocycles. The lowest BCUT2D eigenvalue weighted by Crippen LogP contribution is -2.41. The van der Waals surface area contributed by atoms with Gasteiger partial charge in [0, 0.05) is 6.08 Å². The van der Waals surface area contributed by atoms with Crippen LogP contribution >= 0.6 is 0 Å². The fraction of sp³-hybridized carbons (Fsp3) is 0.583. The number of rotatable bonds is 3. The van der Waals surface area contributed by atoms with Gasteiger partial charge in [0.05, 0.1) is 13.7 Å². The van der Waals surface area contributed by atoms with Crippen LogP contribution in [0.2, 0.25) is 0 Å². The van der Waals surface area contributed by atoms with Crippen molar-refractivity contribution >= 4 is 5.97 Å². The molecule has 5 nitrogen and oxygen atoms in total. The number of hydrogen-bond acceptors (Lipinski definition) is 5. The molecule has 0 spiro atoms. The highest BCUT2D eigenvalue weighted by Crippen LogP contribution is 2.14. The molecule has 17 heavy (non-hydrogen) atoms. The summed E-state index contributed by atoms with van der Waals surface area (Å²) in [5.41, 5.74) is 0.729. The molecule has 1 rings (SSSR count).